The molecule has 0 bridgehead atoms. The first kappa shape index (κ1) is 16.2. The number of aryl methyl sites for hydroxylation is 1. The van der Waals surface area contributed by atoms with Crippen molar-refractivity contribution >= 4 is 6.03 Å². The minimum atomic E-state index is -0.119. The van der Waals surface area contributed by atoms with Crippen LogP contribution in [0.1, 0.15) is 29.7 Å². The highest BCUT2D eigenvalue weighted by Gasteiger charge is 2.18. The lowest BCUT2D eigenvalue weighted by molar-refractivity contribution is 0.174. The minimum Gasteiger partial charge on any atom is -0.454 e. The van der Waals surface area contributed by atoms with E-state index >= 15 is 0 Å². The molecule has 1 aliphatic heterocycles. The van der Waals surface area contributed by atoms with Crippen LogP contribution in [-0.4, -0.2) is 24.8 Å². The maximum absolute atomic E-state index is 12.4. The lowest BCUT2D eigenvalue weighted by Crippen LogP contribution is -2.38. The summed E-state index contributed by atoms with van der Waals surface area (Å²) in [5.41, 5.74) is 3.31. The van der Waals surface area contributed by atoms with Gasteiger partial charge >= 0.3 is 6.03 Å². The van der Waals surface area contributed by atoms with Crippen LogP contribution in [0.3, 0.4) is 0 Å². The van der Waals surface area contributed by atoms with E-state index in [1.807, 2.05) is 43.3 Å². The molecule has 126 valence electrons. The van der Waals surface area contributed by atoms with Gasteiger partial charge in [-0.15, -0.1) is 0 Å². The van der Waals surface area contributed by atoms with Gasteiger partial charge in [-0.2, -0.15) is 0 Å². The van der Waals surface area contributed by atoms with Crippen molar-refractivity contribution < 1.29 is 14.3 Å². The largest absolute Gasteiger partial charge is 0.454 e. The second-order valence-electron chi connectivity index (χ2n) is 6.07. The van der Waals surface area contributed by atoms with Crippen molar-refractivity contribution in [3.63, 3.8) is 0 Å². The normalized spacial score (nSPS) is 13.5. The second kappa shape index (κ2) is 6.83. The average Bonchev–Trinajstić information content (AvgIpc) is 3.04. The van der Waals surface area contributed by atoms with E-state index in [1.165, 1.54) is 5.56 Å². The molecule has 2 aromatic rings. The predicted octanol–water partition coefficient (Wildman–Crippen LogP) is 3.63. The average molecular weight is 326 g/mol. The fraction of sp³-hybridized carbons (Fsp3) is 0.316. The smallest absolute Gasteiger partial charge is 0.317 e. The molecule has 1 aliphatic rings. The fourth-order valence-electron chi connectivity index (χ4n) is 2.68. The zero-order valence-electron chi connectivity index (χ0n) is 14.2. The quantitative estimate of drug-likeness (QED) is 0.933. The number of benzene rings is 2. The van der Waals surface area contributed by atoms with Gasteiger partial charge in [0.2, 0.25) is 6.79 Å². The summed E-state index contributed by atoms with van der Waals surface area (Å²) in [6.07, 6.45) is 0. The van der Waals surface area contributed by atoms with Crippen molar-refractivity contribution in [3.05, 3.63) is 59.2 Å². The second-order valence-corrected chi connectivity index (χ2v) is 6.07. The van der Waals surface area contributed by atoms with Crippen molar-refractivity contribution in [3.8, 4) is 11.5 Å². The summed E-state index contributed by atoms with van der Waals surface area (Å²) in [5.74, 6) is 1.47. The number of hydrogen-bond acceptors (Lipinski definition) is 3. The highest BCUT2D eigenvalue weighted by atomic mass is 16.7. The minimum absolute atomic E-state index is 0.108. The molecule has 0 aliphatic carbocycles. The van der Waals surface area contributed by atoms with Crippen LogP contribution >= 0.6 is 0 Å². The molecule has 0 aromatic heterocycles. The SMILES string of the molecule is Cc1ccccc1CN(C)C(=O)NC(C)c1ccc2c(c1)OCO2. The number of carbonyl (C=O) groups is 1. The van der Waals surface area contributed by atoms with E-state index in [9.17, 15) is 4.79 Å². The van der Waals surface area contributed by atoms with Gasteiger partial charge in [0.15, 0.2) is 11.5 Å². The van der Waals surface area contributed by atoms with Crippen LogP contribution in [0.5, 0.6) is 11.5 Å². The maximum atomic E-state index is 12.4. The summed E-state index contributed by atoms with van der Waals surface area (Å²) in [4.78, 5) is 14.1. The van der Waals surface area contributed by atoms with E-state index in [0.717, 1.165) is 22.6 Å². The van der Waals surface area contributed by atoms with Crippen molar-refractivity contribution in [2.75, 3.05) is 13.8 Å². The molecule has 0 fully saturated rings. The summed E-state index contributed by atoms with van der Waals surface area (Å²) in [6, 6.07) is 13.6. The number of hydrogen-bond donors (Lipinski definition) is 1. The highest BCUT2D eigenvalue weighted by Crippen LogP contribution is 2.34. The first-order chi connectivity index (χ1) is 11.5. The van der Waals surface area contributed by atoms with Gasteiger partial charge in [-0.1, -0.05) is 30.3 Å². The summed E-state index contributed by atoms with van der Waals surface area (Å²) in [6.45, 7) is 4.83. The van der Waals surface area contributed by atoms with Crippen LogP contribution in [0.25, 0.3) is 0 Å². The number of nitrogens with one attached hydrogen (secondary N) is 1. The van der Waals surface area contributed by atoms with E-state index in [0.29, 0.717) is 6.54 Å². The van der Waals surface area contributed by atoms with Gasteiger partial charge < -0.3 is 19.7 Å². The number of rotatable bonds is 4. The number of fused-ring (bicyclic) bond motifs is 1. The first-order valence-electron chi connectivity index (χ1n) is 8.00. The first-order valence-corrected chi connectivity index (χ1v) is 8.00. The topological polar surface area (TPSA) is 50.8 Å². The molecule has 24 heavy (non-hydrogen) atoms. The van der Waals surface area contributed by atoms with E-state index in [-0.39, 0.29) is 18.9 Å². The third-order valence-corrected chi connectivity index (χ3v) is 4.25. The Morgan fingerprint density at radius 2 is 1.96 bits per heavy atom. The van der Waals surface area contributed by atoms with E-state index in [4.69, 9.17) is 9.47 Å². The monoisotopic (exact) mass is 326 g/mol. The van der Waals surface area contributed by atoms with Gasteiger partial charge in [-0.25, -0.2) is 4.79 Å². The Labute approximate surface area is 142 Å². The molecule has 5 heteroatoms. The molecule has 0 radical (unpaired) electrons. The van der Waals surface area contributed by atoms with Crippen molar-refractivity contribution in [2.24, 2.45) is 0 Å². The molecule has 1 N–H and O–H groups in total. The number of urea groups is 1. The molecule has 0 saturated carbocycles. The molecular weight excluding hydrogens is 304 g/mol. The molecule has 3 rings (SSSR count). The van der Waals surface area contributed by atoms with Gasteiger partial charge in [-0.05, 0) is 42.7 Å². The lowest BCUT2D eigenvalue weighted by Gasteiger charge is -2.22. The van der Waals surface area contributed by atoms with Gasteiger partial charge in [0.1, 0.15) is 0 Å². The third-order valence-electron chi connectivity index (χ3n) is 4.25. The zero-order valence-corrected chi connectivity index (χ0v) is 14.2. The molecule has 0 spiro atoms. The molecule has 1 atom stereocenters. The molecule has 1 heterocycles. The zero-order chi connectivity index (χ0) is 17.1. The Morgan fingerprint density at radius 3 is 2.75 bits per heavy atom. The van der Waals surface area contributed by atoms with Crippen LogP contribution in [0.4, 0.5) is 4.79 Å². The Bertz CT molecular complexity index is 745. The lowest BCUT2D eigenvalue weighted by atomic mass is 10.1. The van der Waals surface area contributed by atoms with Gasteiger partial charge in [0.05, 0.1) is 6.04 Å². The Morgan fingerprint density at radius 1 is 1.21 bits per heavy atom. The Kier molecular flexibility index (Phi) is 4.60. The Balaban J connectivity index is 1.62. The van der Waals surface area contributed by atoms with Crippen molar-refractivity contribution in [1.82, 2.24) is 10.2 Å². The van der Waals surface area contributed by atoms with Gasteiger partial charge in [0.25, 0.3) is 0 Å². The van der Waals surface area contributed by atoms with Gasteiger partial charge in [-0.3, -0.25) is 0 Å². The molecule has 5 nitrogen and oxygen atoms in total. The van der Waals surface area contributed by atoms with Crippen LogP contribution in [-0.2, 0) is 6.54 Å². The van der Waals surface area contributed by atoms with Crippen LogP contribution in [0.15, 0.2) is 42.5 Å². The number of ether oxygens (including phenoxy) is 2. The van der Waals surface area contributed by atoms with Crippen molar-refractivity contribution in [1.29, 1.82) is 0 Å². The van der Waals surface area contributed by atoms with Crippen LogP contribution < -0.4 is 14.8 Å². The van der Waals surface area contributed by atoms with Gasteiger partial charge in [0, 0.05) is 13.6 Å². The van der Waals surface area contributed by atoms with E-state index in [2.05, 4.69) is 18.3 Å². The fourth-order valence-corrected chi connectivity index (χ4v) is 2.68. The predicted molar refractivity (Wildman–Crippen MR) is 92.2 cm³/mol. The summed E-state index contributed by atoms with van der Waals surface area (Å²) < 4.78 is 10.7. The summed E-state index contributed by atoms with van der Waals surface area (Å²) in [7, 11) is 1.80. The molecule has 1 unspecified atom stereocenters. The third kappa shape index (κ3) is 3.45. The van der Waals surface area contributed by atoms with Crippen LogP contribution in [0, 0.1) is 6.92 Å². The highest BCUT2D eigenvalue weighted by molar-refractivity contribution is 5.74. The Hall–Kier alpha value is -2.69. The molecular formula is C19H22N2O3. The molecule has 2 amide bonds. The molecule has 0 saturated heterocycles. The maximum Gasteiger partial charge on any atom is 0.317 e. The number of nitrogens with zero attached hydrogens (tertiary/aromatic N) is 1. The van der Waals surface area contributed by atoms with Crippen LogP contribution in [0.2, 0.25) is 0 Å². The summed E-state index contributed by atoms with van der Waals surface area (Å²) >= 11 is 0. The molecule has 2 aromatic carbocycles. The number of carbonyl (C=O) groups excluding carboxylic acids is 1. The van der Waals surface area contributed by atoms with Crippen molar-refractivity contribution in [2.45, 2.75) is 26.4 Å². The van der Waals surface area contributed by atoms with E-state index < -0.39 is 0 Å². The summed E-state index contributed by atoms with van der Waals surface area (Å²) in [5, 5.41) is 3.02. The van der Waals surface area contributed by atoms with E-state index in [1.54, 1.807) is 11.9 Å². The standard InChI is InChI=1S/C19H22N2O3/c1-13-6-4-5-7-16(13)11-21(3)19(22)20-14(2)15-8-9-17-18(10-15)24-12-23-17/h4-10,14H,11-12H2,1-3H3,(H,20,22). The number of amides is 2.